The normalized spacial score (nSPS) is 11.1. The van der Waals surface area contributed by atoms with E-state index in [1.807, 2.05) is 24.3 Å². The van der Waals surface area contributed by atoms with Gasteiger partial charge in [-0.15, -0.1) is 11.3 Å². The van der Waals surface area contributed by atoms with Crippen LogP contribution in [-0.2, 0) is 0 Å². The topological polar surface area (TPSA) is 79.8 Å². The van der Waals surface area contributed by atoms with Crippen LogP contribution in [0.15, 0.2) is 58.4 Å². The Hall–Kier alpha value is -2.82. The molecule has 0 unspecified atom stereocenters. The average Bonchev–Trinajstić information content (AvgIpc) is 3.11. The van der Waals surface area contributed by atoms with Gasteiger partial charge in [-0.1, -0.05) is 40.2 Å². The minimum atomic E-state index is -0.440. The molecule has 0 saturated carbocycles. The third kappa shape index (κ3) is 3.99. The molecule has 122 valence electrons. The highest BCUT2D eigenvalue weighted by molar-refractivity contribution is 9.10. The third-order valence-corrected chi connectivity index (χ3v) is 4.79. The van der Waals surface area contributed by atoms with Gasteiger partial charge in [-0.05, 0) is 23.8 Å². The molecule has 0 aliphatic carbocycles. The number of aromatic nitrogens is 1. The molecule has 0 fully saturated rings. The fraction of sp³-hybridized carbons (Fsp3) is 0. The summed E-state index contributed by atoms with van der Waals surface area (Å²) in [5.41, 5.74) is 2.62. The standard InChI is InChI=1S/C18H10BrN3O2S/c19-15-6-4-12(5-7-15)8-14(10-20)18-21-17(11-25-18)13-2-1-3-16(9-13)22(23)24/h1-9,11H/b14-8-. The van der Waals surface area contributed by atoms with E-state index >= 15 is 0 Å². The van der Waals surface area contributed by atoms with Crippen LogP contribution in [-0.4, -0.2) is 9.91 Å². The second-order valence-electron chi connectivity index (χ2n) is 5.07. The number of benzene rings is 2. The molecule has 0 spiro atoms. The Morgan fingerprint density at radius 3 is 2.72 bits per heavy atom. The Morgan fingerprint density at radius 2 is 2.04 bits per heavy atom. The molecule has 0 atom stereocenters. The maximum absolute atomic E-state index is 10.9. The fourth-order valence-electron chi connectivity index (χ4n) is 2.18. The van der Waals surface area contributed by atoms with Gasteiger partial charge in [0.2, 0.25) is 0 Å². The molecule has 0 aliphatic rings. The van der Waals surface area contributed by atoms with Crippen molar-refractivity contribution in [2.45, 2.75) is 0 Å². The van der Waals surface area contributed by atoms with E-state index in [0.29, 0.717) is 21.8 Å². The predicted octanol–water partition coefficient (Wildman–Crippen LogP) is 5.54. The Kier molecular flexibility index (Phi) is 5.03. The lowest BCUT2D eigenvalue weighted by atomic mass is 10.1. The molecule has 1 aromatic heterocycles. The van der Waals surface area contributed by atoms with E-state index in [2.05, 4.69) is 27.0 Å². The molecule has 7 heteroatoms. The van der Waals surface area contributed by atoms with Crippen molar-refractivity contribution < 1.29 is 4.92 Å². The van der Waals surface area contributed by atoms with Gasteiger partial charge in [0.25, 0.3) is 5.69 Å². The third-order valence-electron chi connectivity index (χ3n) is 3.39. The number of nitriles is 1. The first kappa shape index (κ1) is 17.0. The number of hydrogen-bond donors (Lipinski definition) is 0. The van der Waals surface area contributed by atoms with Gasteiger partial charge in [-0.25, -0.2) is 4.98 Å². The van der Waals surface area contributed by atoms with Crippen LogP contribution in [0.2, 0.25) is 0 Å². The lowest BCUT2D eigenvalue weighted by Gasteiger charge is -1.98. The number of rotatable bonds is 4. The van der Waals surface area contributed by atoms with E-state index in [4.69, 9.17) is 0 Å². The first-order valence-corrected chi connectivity index (χ1v) is 8.82. The fourth-order valence-corrected chi connectivity index (χ4v) is 3.24. The zero-order valence-corrected chi connectivity index (χ0v) is 15.1. The Morgan fingerprint density at radius 1 is 1.28 bits per heavy atom. The van der Waals surface area contributed by atoms with Crippen LogP contribution in [0, 0.1) is 21.4 Å². The van der Waals surface area contributed by atoms with Crippen LogP contribution >= 0.6 is 27.3 Å². The van der Waals surface area contributed by atoms with Crippen molar-refractivity contribution in [3.63, 3.8) is 0 Å². The van der Waals surface area contributed by atoms with Gasteiger partial charge in [-0.3, -0.25) is 10.1 Å². The lowest BCUT2D eigenvalue weighted by molar-refractivity contribution is -0.384. The molecule has 0 radical (unpaired) electrons. The van der Waals surface area contributed by atoms with Crippen molar-refractivity contribution in [1.29, 1.82) is 5.26 Å². The van der Waals surface area contributed by atoms with Crippen molar-refractivity contribution >= 4 is 44.6 Å². The van der Waals surface area contributed by atoms with Gasteiger partial charge in [0, 0.05) is 27.5 Å². The summed E-state index contributed by atoms with van der Waals surface area (Å²) < 4.78 is 0.963. The number of halogens is 1. The molecular formula is C18H10BrN3O2S. The number of nitro benzene ring substituents is 1. The molecule has 5 nitrogen and oxygen atoms in total. The summed E-state index contributed by atoms with van der Waals surface area (Å²) in [5.74, 6) is 0. The van der Waals surface area contributed by atoms with Crippen molar-refractivity contribution in [2.75, 3.05) is 0 Å². The van der Waals surface area contributed by atoms with E-state index < -0.39 is 4.92 Å². The highest BCUT2D eigenvalue weighted by atomic mass is 79.9. The molecule has 2 aromatic carbocycles. The number of non-ortho nitro benzene ring substituents is 1. The van der Waals surface area contributed by atoms with Crippen LogP contribution in [0.25, 0.3) is 22.9 Å². The quantitative estimate of drug-likeness (QED) is 0.320. The summed E-state index contributed by atoms with van der Waals surface area (Å²) in [6.07, 6.45) is 1.77. The highest BCUT2D eigenvalue weighted by Gasteiger charge is 2.12. The predicted molar refractivity (Wildman–Crippen MR) is 102 cm³/mol. The minimum absolute atomic E-state index is 0.0120. The summed E-state index contributed by atoms with van der Waals surface area (Å²) in [5, 5.41) is 22.7. The van der Waals surface area contributed by atoms with Crippen LogP contribution in [0.3, 0.4) is 0 Å². The summed E-state index contributed by atoms with van der Waals surface area (Å²) in [6, 6.07) is 16.1. The van der Waals surface area contributed by atoms with Gasteiger partial charge in [0.1, 0.15) is 11.1 Å². The zero-order valence-electron chi connectivity index (χ0n) is 12.7. The molecule has 0 aliphatic heterocycles. The molecule has 3 aromatic rings. The van der Waals surface area contributed by atoms with Crippen LogP contribution in [0.5, 0.6) is 0 Å². The van der Waals surface area contributed by atoms with Gasteiger partial charge in [-0.2, -0.15) is 5.26 Å². The second-order valence-corrected chi connectivity index (χ2v) is 6.84. The highest BCUT2D eigenvalue weighted by Crippen LogP contribution is 2.29. The Bertz CT molecular complexity index is 1000. The van der Waals surface area contributed by atoms with Gasteiger partial charge in [0.05, 0.1) is 16.2 Å². The zero-order chi connectivity index (χ0) is 17.8. The summed E-state index contributed by atoms with van der Waals surface area (Å²) >= 11 is 4.71. The number of allylic oxidation sites excluding steroid dienone is 1. The first-order valence-electron chi connectivity index (χ1n) is 7.15. The van der Waals surface area contributed by atoms with Crippen LogP contribution < -0.4 is 0 Å². The molecule has 0 saturated heterocycles. The number of thiazole rings is 1. The largest absolute Gasteiger partial charge is 0.270 e. The molecule has 0 amide bonds. The maximum atomic E-state index is 10.9. The van der Waals surface area contributed by atoms with E-state index in [0.717, 1.165) is 10.0 Å². The van der Waals surface area contributed by atoms with Crippen molar-refractivity contribution in [2.24, 2.45) is 0 Å². The van der Waals surface area contributed by atoms with Gasteiger partial charge < -0.3 is 0 Å². The summed E-state index contributed by atoms with van der Waals surface area (Å²) in [7, 11) is 0. The lowest BCUT2D eigenvalue weighted by Crippen LogP contribution is -1.88. The number of nitrogens with zero attached hydrogens (tertiary/aromatic N) is 3. The molecule has 1 heterocycles. The number of nitro groups is 1. The van der Waals surface area contributed by atoms with E-state index in [9.17, 15) is 15.4 Å². The summed E-state index contributed by atoms with van der Waals surface area (Å²) in [6.45, 7) is 0. The molecule has 0 N–H and O–H groups in total. The molecule has 25 heavy (non-hydrogen) atoms. The van der Waals surface area contributed by atoms with Crippen molar-refractivity contribution in [3.05, 3.63) is 79.1 Å². The van der Waals surface area contributed by atoms with E-state index in [1.54, 1.807) is 23.6 Å². The minimum Gasteiger partial charge on any atom is -0.258 e. The first-order chi connectivity index (χ1) is 12.1. The number of hydrogen-bond acceptors (Lipinski definition) is 5. The second kappa shape index (κ2) is 7.38. The molecular weight excluding hydrogens is 402 g/mol. The van der Waals surface area contributed by atoms with Gasteiger partial charge in [0.15, 0.2) is 0 Å². The van der Waals surface area contributed by atoms with Crippen molar-refractivity contribution in [3.8, 4) is 17.3 Å². The van der Waals surface area contributed by atoms with Gasteiger partial charge >= 0.3 is 0 Å². The molecule has 0 bridgehead atoms. The molecule has 3 rings (SSSR count). The Balaban J connectivity index is 1.94. The van der Waals surface area contributed by atoms with Crippen molar-refractivity contribution in [1.82, 2.24) is 4.98 Å². The average molecular weight is 412 g/mol. The Labute approximate surface area is 156 Å². The smallest absolute Gasteiger partial charge is 0.258 e. The maximum Gasteiger partial charge on any atom is 0.270 e. The van der Waals surface area contributed by atoms with E-state index in [1.165, 1.54) is 23.5 Å². The van der Waals surface area contributed by atoms with E-state index in [-0.39, 0.29) is 5.69 Å². The summed E-state index contributed by atoms with van der Waals surface area (Å²) in [4.78, 5) is 14.9. The van der Waals surface area contributed by atoms with Crippen LogP contribution in [0.1, 0.15) is 10.6 Å². The monoisotopic (exact) mass is 411 g/mol. The SMILES string of the molecule is N#C/C(=C/c1ccc(Br)cc1)c1nc(-c2cccc([N+](=O)[O-])c2)cs1. The van der Waals surface area contributed by atoms with Crippen LogP contribution in [0.4, 0.5) is 5.69 Å².